The van der Waals surface area contributed by atoms with Crippen LogP contribution in [0.15, 0.2) is 72.1 Å². The van der Waals surface area contributed by atoms with Crippen molar-refractivity contribution in [2.45, 2.75) is 13.0 Å². The highest BCUT2D eigenvalue weighted by Gasteiger charge is 2.16. The van der Waals surface area contributed by atoms with E-state index in [0.29, 0.717) is 24.7 Å². The first-order chi connectivity index (χ1) is 13.8. The van der Waals surface area contributed by atoms with Gasteiger partial charge in [0, 0.05) is 13.1 Å². The number of carbonyl (C=O) groups is 1. The first-order valence-electron chi connectivity index (χ1n) is 9.15. The number of amides is 1. The van der Waals surface area contributed by atoms with Crippen LogP contribution in [0.1, 0.15) is 21.6 Å². The fraction of sp³-hybridized carbons (Fsp3) is 0.136. The van der Waals surface area contributed by atoms with E-state index in [1.807, 2.05) is 60.0 Å². The van der Waals surface area contributed by atoms with Gasteiger partial charge in [-0.05, 0) is 29.0 Å². The van der Waals surface area contributed by atoms with Crippen LogP contribution in [-0.4, -0.2) is 22.4 Å². The summed E-state index contributed by atoms with van der Waals surface area (Å²) >= 11 is 1.48. The molecule has 0 saturated carbocycles. The molecule has 4 rings (SSSR count). The Hall–Kier alpha value is -3.25. The van der Waals surface area contributed by atoms with Gasteiger partial charge in [0.1, 0.15) is 0 Å². The minimum Gasteiger partial charge on any atom is -0.350 e. The molecule has 2 N–H and O–H groups in total. The molecule has 0 atom stereocenters. The molecule has 1 amide bonds. The second kappa shape index (κ2) is 8.63. The maximum absolute atomic E-state index is 12.8. The van der Waals surface area contributed by atoms with Crippen molar-refractivity contribution in [1.82, 2.24) is 15.3 Å². The molecule has 0 spiro atoms. The van der Waals surface area contributed by atoms with Crippen LogP contribution in [-0.2, 0) is 13.0 Å². The molecule has 6 heteroatoms. The largest absolute Gasteiger partial charge is 0.350 e. The normalized spacial score (nSPS) is 10.7. The predicted molar refractivity (Wildman–Crippen MR) is 114 cm³/mol. The van der Waals surface area contributed by atoms with Gasteiger partial charge in [-0.25, -0.2) is 9.97 Å². The van der Waals surface area contributed by atoms with Crippen molar-refractivity contribution in [1.29, 1.82) is 0 Å². The molecule has 0 fully saturated rings. The third-order valence-electron chi connectivity index (χ3n) is 4.35. The molecule has 2 heterocycles. The van der Waals surface area contributed by atoms with Crippen molar-refractivity contribution >= 4 is 33.4 Å². The number of hydrogen-bond acceptors (Lipinski definition) is 5. The lowest BCUT2D eigenvalue weighted by atomic mass is 10.1. The van der Waals surface area contributed by atoms with Crippen molar-refractivity contribution in [2.24, 2.45) is 0 Å². The minimum absolute atomic E-state index is 0.173. The molecule has 140 valence electrons. The summed E-state index contributed by atoms with van der Waals surface area (Å²) in [7, 11) is 0. The first-order valence-corrected chi connectivity index (χ1v) is 10.0. The number of benzene rings is 2. The number of anilines is 1. The van der Waals surface area contributed by atoms with Gasteiger partial charge in [-0.1, -0.05) is 60.7 Å². The highest BCUT2D eigenvalue weighted by Crippen LogP contribution is 2.23. The Labute approximate surface area is 167 Å². The smallest absolute Gasteiger partial charge is 0.271 e. The molecular formula is C22H20N4OS. The van der Waals surface area contributed by atoms with Gasteiger partial charge in [0.15, 0.2) is 5.69 Å². The Balaban J connectivity index is 1.47. The molecule has 2 aromatic carbocycles. The Kier molecular flexibility index (Phi) is 5.58. The molecule has 0 bridgehead atoms. The molecule has 0 saturated heterocycles. The van der Waals surface area contributed by atoms with Gasteiger partial charge in [0.05, 0.1) is 10.2 Å². The summed E-state index contributed by atoms with van der Waals surface area (Å²) in [6.45, 7) is 1.16. The van der Waals surface area contributed by atoms with Crippen LogP contribution in [0.2, 0.25) is 0 Å². The Morgan fingerprint density at radius 2 is 1.61 bits per heavy atom. The fourth-order valence-corrected chi connectivity index (χ4v) is 3.74. The first kappa shape index (κ1) is 18.1. The molecule has 5 nitrogen and oxygen atoms in total. The maximum Gasteiger partial charge on any atom is 0.271 e. The van der Waals surface area contributed by atoms with E-state index in [1.165, 1.54) is 16.9 Å². The molecular weight excluding hydrogens is 368 g/mol. The van der Waals surface area contributed by atoms with Crippen LogP contribution in [0.3, 0.4) is 0 Å². The predicted octanol–water partition coefficient (Wildman–Crippen LogP) is 4.28. The van der Waals surface area contributed by atoms with Crippen LogP contribution in [0.4, 0.5) is 5.95 Å². The number of fused-ring (bicyclic) bond motifs is 1. The summed E-state index contributed by atoms with van der Waals surface area (Å²) < 4.78 is 0.808. The zero-order valence-corrected chi connectivity index (χ0v) is 16.1. The van der Waals surface area contributed by atoms with Gasteiger partial charge < -0.3 is 10.6 Å². The van der Waals surface area contributed by atoms with Crippen LogP contribution < -0.4 is 10.6 Å². The number of nitrogens with one attached hydrogen (secondary N) is 2. The Morgan fingerprint density at radius 1 is 0.893 bits per heavy atom. The standard InChI is InChI=1S/C22H20N4OS/c27-21(23-13-11-16-7-3-1-4-8-16)19-20-18(12-14-28-20)25-22(26-19)24-15-17-9-5-2-6-10-17/h1-10,12,14H,11,13,15H2,(H,23,27)(H,24,25,26). The zero-order chi connectivity index (χ0) is 19.2. The molecule has 2 aromatic heterocycles. The van der Waals surface area contributed by atoms with Crippen molar-refractivity contribution < 1.29 is 4.79 Å². The van der Waals surface area contributed by atoms with Gasteiger partial charge in [-0.2, -0.15) is 0 Å². The topological polar surface area (TPSA) is 66.9 Å². The highest BCUT2D eigenvalue weighted by molar-refractivity contribution is 7.17. The van der Waals surface area contributed by atoms with Crippen molar-refractivity contribution in [3.63, 3.8) is 0 Å². The van der Waals surface area contributed by atoms with Crippen LogP contribution >= 0.6 is 11.3 Å². The number of carbonyl (C=O) groups excluding carboxylic acids is 1. The molecule has 0 unspecified atom stereocenters. The molecule has 0 aliphatic carbocycles. The van der Waals surface area contributed by atoms with Gasteiger partial charge in [0.25, 0.3) is 5.91 Å². The van der Waals surface area contributed by atoms with E-state index in [4.69, 9.17) is 0 Å². The lowest BCUT2D eigenvalue weighted by Crippen LogP contribution is -2.27. The fourth-order valence-electron chi connectivity index (χ4n) is 2.92. The van der Waals surface area contributed by atoms with Crippen molar-refractivity contribution in [3.8, 4) is 0 Å². The van der Waals surface area contributed by atoms with E-state index in [1.54, 1.807) is 0 Å². The minimum atomic E-state index is -0.173. The maximum atomic E-state index is 12.8. The number of thiophene rings is 1. The van der Waals surface area contributed by atoms with Crippen molar-refractivity contribution in [2.75, 3.05) is 11.9 Å². The third kappa shape index (κ3) is 4.35. The average molecular weight is 388 g/mol. The summed E-state index contributed by atoms with van der Waals surface area (Å²) in [5.41, 5.74) is 3.52. The summed E-state index contributed by atoms with van der Waals surface area (Å²) in [6, 6.07) is 22.0. The number of rotatable bonds is 7. The van der Waals surface area contributed by atoms with Gasteiger partial charge in [-0.3, -0.25) is 4.79 Å². The van der Waals surface area contributed by atoms with E-state index in [-0.39, 0.29) is 5.91 Å². The molecule has 28 heavy (non-hydrogen) atoms. The van der Waals surface area contributed by atoms with E-state index in [2.05, 4.69) is 32.7 Å². The second-order valence-electron chi connectivity index (χ2n) is 6.36. The van der Waals surface area contributed by atoms with Gasteiger partial charge in [-0.15, -0.1) is 11.3 Å². The number of aromatic nitrogens is 2. The monoisotopic (exact) mass is 388 g/mol. The summed E-state index contributed by atoms with van der Waals surface area (Å²) in [5, 5.41) is 8.13. The average Bonchev–Trinajstić information content (AvgIpc) is 3.22. The Bertz CT molecular complexity index is 1060. The molecule has 0 aliphatic rings. The Morgan fingerprint density at radius 3 is 2.36 bits per heavy atom. The van der Waals surface area contributed by atoms with E-state index in [0.717, 1.165) is 22.2 Å². The van der Waals surface area contributed by atoms with Crippen LogP contribution in [0.5, 0.6) is 0 Å². The van der Waals surface area contributed by atoms with Crippen LogP contribution in [0.25, 0.3) is 10.2 Å². The molecule has 4 aromatic rings. The van der Waals surface area contributed by atoms with Gasteiger partial charge in [0.2, 0.25) is 5.95 Å². The zero-order valence-electron chi connectivity index (χ0n) is 15.3. The van der Waals surface area contributed by atoms with E-state index in [9.17, 15) is 4.79 Å². The molecule has 0 radical (unpaired) electrons. The van der Waals surface area contributed by atoms with E-state index >= 15 is 0 Å². The molecule has 0 aliphatic heterocycles. The third-order valence-corrected chi connectivity index (χ3v) is 5.26. The van der Waals surface area contributed by atoms with Crippen LogP contribution in [0, 0.1) is 0 Å². The number of hydrogen-bond donors (Lipinski definition) is 2. The van der Waals surface area contributed by atoms with Crippen molar-refractivity contribution in [3.05, 3.63) is 88.9 Å². The lowest BCUT2D eigenvalue weighted by Gasteiger charge is -2.09. The lowest BCUT2D eigenvalue weighted by molar-refractivity contribution is 0.0951. The number of nitrogens with zero attached hydrogens (tertiary/aromatic N) is 2. The van der Waals surface area contributed by atoms with E-state index < -0.39 is 0 Å². The summed E-state index contributed by atoms with van der Waals surface area (Å²) in [4.78, 5) is 21.8. The second-order valence-corrected chi connectivity index (χ2v) is 7.28. The summed E-state index contributed by atoms with van der Waals surface area (Å²) in [5.74, 6) is 0.288. The van der Waals surface area contributed by atoms with Gasteiger partial charge >= 0.3 is 0 Å². The highest BCUT2D eigenvalue weighted by atomic mass is 32.1. The summed E-state index contributed by atoms with van der Waals surface area (Å²) in [6.07, 6.45) is 0.782. The quantitative estimate of drug-likeness (QED) is 0.496. The SMILES string of the molecule is O=C(NCCc1ccccc1)c1nc(NCc2ccccc2)nc2ccsc12.